The molecule has 1 aliphatic heterocycles. The summed E-state index contributed by atoms with van der Waals surface area (Å²) in [6.07, 6.45) is 1.95. The lowest BCUT2D eigenvalue weighted by atomic mass is 10.2. The van der Waals surface area contributed by atoms with Gasteiger partial charge in [-0.15, -0.1) is 0 Å². The van der Waals surface area contributed by atoms with Gasteiger partial charge in [0.1, 0.15) is 0 Å². The Balaban J connectivity index is 0.000000409. The van der Waals surface area contributed by atoms with Crippen molar-refractivity contribution in [2.24, 2.45) is 0 Å². The lowest BCUT2D eigenvalue weighted by molar-refractivity contribution is -0.880. The molecular formula is C13H28N3O5S+. The monoisotopic (exact) mass is 338 g/mol. The molecule has 0 aliphatic carbocycles. The van der Waals surface area contributed by atoms with Gasteiger partial charge in [0.05, 0.1) is 26.9 Å². The first-order chi connectivity index (χ1) is 9.97. The Morgan fingerprint density at radius 3 is 2.32 bits per heavy atom. The van der Waals surface area contributed by atoms with E-state index in [4.69, 9.17) is 9.66 Å². The van der Waals surface area contributed by atoms with Gasteiger partial charge in [-0.3, -0.25) is 9.45 Å². The SMILES string of the molecule is C=CC(C(=O)O)[N+](C)(C)C.O=S(=O)(O)CCCN1CCNC1. The number of nitrogens with one attached hydrogen (secondary N) is 1. The van der Waals surface area contributed by atoms with E-state index in [0.717, 1.165) is 26.3 Å². The number of carbonyl (C=O) groups is 1. The van der Waals surface area contributed by atoms with Gasteiger partial charge in [-0.2, -0.15) is 8.42 Å². The molecule has 1 saturated heterocycles. The summed E-state index contributed by atoms with van der Waals surface area (Å²) in [6, 6.07) is -0.514. The third-order valence-corrected chi connectivity index (χ3v) is 3.93. The Bertz CT molecular complexity index is 453. The number of likely N-dealkylation sites (N-methyl/N-ethyl adjacent to an activating group) is 1. The van der Waals surface area contributed by atoms with Gasteiger partial charge in [0.2, 0.25) is 6.04 Å². The van der Waals surface area contributed by atoms with E-state index >= 15 is 0 Å². The minimum atomic E-state index is -3.76. The fourth-order valence-electron chi connectivity index (χ4n) is 1.96. The van der Waals surface area contributed by atoms with Crippen molar-refractivity contribution in [3.05, 3.63) is 12.7 Å². The summed E-state index contributed by atoms with van der Waals surface area (Å²) in [4.78, 5) is 12.6. The Labute approximate surface area is 132 Å². The summed E-state index contributed by atoms with van der Waals surface area (Å²) in [6.45, 7) is 6.93. The van der Waals surface area contributed by atoms with Crippen LogP contribution in [0.25, 0.3) is 0 Å². The minimum absolute atomic E-state index is 0.135. The van der Waals surface area contributed by atoms with E-state index in [0.29, 0.717) is 10.9 Å². The zero-order valence-corrected chi connectivity index (χ0v) is 14.3. The van der Waals surface area contributed by atoms with Gasteiger partial charge in [-0.1, -0.05) is 6.58 Å². The quantitative estimate of drug-likeness (QED) is 0.325. The van der Waals surface area contributed by atoms with Crippen LogP contribution in [0.1, 0.15) is 6.42 Å². The molecule has 0 aromatic heterocycles. The van der Waals surface area contributed by atoms with Gasteiger partial charge >= 0.3 is 5.97 Å². The lowest BCUT2D eigenvalue weighted by Crippen LogP contribution is -2.48. The van der Waals surface area contributed by atoms with E-state index in [2.05, 4.69) is 16.8 Å². The molecule has 1 heterocycles. The maximum atomic E-state index is 10.5. The van der Waals surface area contributed by atoms with Crippen molar-refractivity contribution >= 4 is 16.1 Å². The van der Waals surface area contributed by atoms with Crippen LogP contribution in [-0.2, 0) is 14.9 Å². The highest BCUT2D eigenvalue weighted by Crippen LogP contribution is 2.03. The summed E-state index contributed by atoms with van der Waals surface area (Å²) in [5, 5.41) is 11.8. The van der Waals surface area contributed by atoms with Crippen LogP contribution >= 0.6 is 0 Å². The van der Waals surface area contributed by atoms with Crippen LogP contribution in [0.4, 0.5) is 0 Å². The van der Waals surface area contributed by atoms with Crippen molar-refractivity contribution in [1.82, 2.24) is 10.2 Å². The molecule has 3 N–H and O–H groups in total. The average Bonchev–Trinajstić information content (AvgIpc) is 2.79. The number of hydrogen-bond acceptors (Lipinski definition) is 5. The van der Waals surface area contributed by atoms with Crippen molar-refractivity contribution in [2.75, 3.05) is 53.2 Å². The molecular weight excluding hydrogens is 310 g/mol. The first kappa shape index (κ1) is 21.0. The second kappa shape index (κ2) is 9.21. The van der Waals surface area contributed by atoms with E-state index < -0.39 is 22.1 Å². The molecule has 1 unspecified atom stereocenters. The highest BCUT2D eigenvalue weighted by atomic mass is 32.2. The van der Waals surface area contributed by atoms with Gasteiger partial charge in [-0.25, -0.2) is 4.79 Å². The summed E-state index contributed by atoms with van der Waals surface area (Å²) in [7, 11) is 1.70. The molecule has 22 heavy (non-hydrogen) atoms. The summed E-state index contributed by atoms with van der Waals surface area (Å²) < 4.78 is 29.5. The summed E-state index contributed by atoms with van der Waals surface area (Å²) in [5.74, 6) is -0.966. The number of aliphatic carboxylic acids is 1. The predicted molar refractivity (Wildman–Crippen MR) is 85.1 cm³/mol. The van der Waals surface area contributed by atoms with Crippen molar-refractivity contribution in [2.45, 2.75) is 12.5 Å². The molecule has 0 amide bonds. The van der Waals surface area contributed by atoms with E-state index in [-0.39, 0.29) is 5.75 Å². The lowest BCUT2D eigenvalue weighted by Gasteiger charge is -2.28. The number of quaternary nitrogens is 1. The number of rotatable bonds is 7. The number of hydrogen-bond donors (Lipinski definition) is 3. The zero-order chi connectivity index (χ0) is 17.4. The zero-order valence-electron chi connectivity index (χ0n) is 13.5. The van der Waals surface area contributed by atoms with Crippen LogP contribution in [0.2, 0.25) is 0 Å². The molecule has 8 nitrogen and oxygen atoms in total. The Morgan fingerprint density at radius 1 is 1.45 bits per heavy atom. The van der Waals surface area contributed by atoms with Gasteiger partial charge < -0.3 is 14.9 Å². The summed E-state index contributed by atoms with van der Waals surface area (Å²) >= 11 is 0. The molecule has 0 radical (unpaired) electrons. The molecule has 1 atom stereocenters. The number of carboxylic acids is 1. The normalized spacial score (nSPS) is 17.5. The molecule has 0 bridgehead atoms. The third kappa shape index (κ3) is 9.85. The molecule has 1 aliphatic rings. The molecule has 0 aromatic carbocycles. The fraction of sp³-hybridized carbons (Fsp3) is 0.769. The first-order valence-electron chi connectivity index (χ1n) is 7.02. The van der Waals surface area contributed by atoms with Crippen LogP contribution in [0.3, 0.4) is 0 Å². The molecule has 1 fully saturated rings. The third-order valence-electron chi connectivity index (χ3n) is 3.13. The maximum Gasteiger partial charge on any atom is 0.366 e. The van der Waals surface area contributed by atoms with Gasteiger partial charge in [-0.05, 0) is 12.5 Å². The first-order valence-corrected chi connectivity index (χ1v) is 8.63. The molecule has 130 valence electrons. The largest absolute Gasteiger partial charge is 0.477 e. The number of carboxylic acid groups (broad SMARTS) is 1. The minimum Gasteiger partial charge on any atom is -0.477 e. The second-order valence-corrected chi connectivity index (χ2v) is 7.62. The van der Waals surface area contributed by atoms with Crippen LogP contribution in [0, 0.1) is 0 Å². The predicted octanol–water partition coefficient (Wildman–Crippen LogP) is -0.541. The van der Waals surface area contributed by atoms with Crippen LogP contribution < -0.4 is 5.32 Å². The van der Waals surface area contributed by atoms with Gasteiger partial charge in [0.25, 0.3) is 10.1 Å². The Kier molecular flexibility index (Phi) is 8.79. The standard InChI is InChI=1S/C7H13NO2.C6H14N2O3S/c1-5-6(7(9)10)8(2,3)4;9-12(10,11)5-1-3-8-4-2-7-6-8/h5-6H,1H2,2-4H3;7H,1-6H2,(H,9,10,11)/p+1. The van der Waals surface area contributed by atoms with E-state index in [9.17, 15) is 13.2 Å². The maximum absolute atomic E-state index is 10.5. The van der Waals surface area contributed by atoms with Crippen molar-refractivity contribution in [3.8, 4) is 0 Å². The van der Waals surface area contributed by atoms with E-state index in [1.165, 1.54) is 6.08 Å². The second-order valence-electron chi connectivity index (χ2n) is 6.05. The van der Waals surface area contributed by atoms with E-state index in [1.54, 1.807) is 0 Å². The van der Waals surface area contributed by atoms with E-state index in [1.807, 2.05) is 21.1 Å². The van der Waals surface area contributed by atoms with Crippen molar-refractivity contribution in [1.29, 1.82) is 0 Å². The molecule has 9 heteroatoms. The highest BCUT2D eigenvalue weighted by molar-refractivity contribution is 7.85. The van der Waals surface area contributed by atoms with Gasteiger partial charge in [0, 0.05) is 26.3 Å². The Morgan fingerprint density at radius 2 is 2.05 bits per heavy atom. The van der Waals surface area contributed by atoms with Crippen LogP contribution in [-0.4, -0.2) is 92.7 Å². The smallest absolute Gasteiger partial charge is 0.366 e. The van der Waals surface area contributed by atoms with Crippen LogP contribution in [0.15, 0.2) is 12.7 Å². The fourth-order valence-corrected chi connectivity index (χ4v) is 2.46. The summed E-state index contributed by atoms with van der Waals surface area (Å²) in [5.41, 5.74) is 0. The molecule has 0 aromatic rings. The van der Waals surface area contributed by atoms with Crippen molar-refractivity contribution < 1.29 is 27.4 Å². The van der Waals surface area contributed by atoms with Gasteiger partial charge in [0.15, 0.2) is 0 Å². The average molecular weight is 338 g/mol. The number of nitrogens with zero attached hydrogens (tertiary/aromatic N) is 2. The molecule has 0 spiro atoms. The topological polar surface area (TPSA) is 107 Å². The highest BCUT2D eigenvalue weighted by Gasteiger charge is 2.27. The Hall–Kier alpha value is -1.00. The molecule has 1 rings (SSSR count). The molecule has 0 saturated carbocycles. The van der Waals surface area contributed by atoms with Crippen molar-refractivity contribution in [3.63, 3.8) is 0 Å². The van der Waals surface area contributed by atoms with Crippen LogP contribution in [0.5, 0.6) is 0 Å².